The number of benzene rings is 1. The summed E-state index contributed by atoms with van der Waals surface area (Å²) in [6, 6.07) is 8.90. The van der Waals surface area contributed by atoms with E-state index in [1.165, 1.54) is 38.0 Å². The lowest BCUT2D eigenvalue weighted by Crippen LogP contribution is -2.39. The average molecular weight is 313 g/mol. The van der Waals surface area contributed by atoms with E-state index < -0.39 is 0 Å². The lowest BCUT2D eigenvalue weighted by molar-refractivity contribution is 0.171. The normalized spacial score (nSPS) is 19.9. The molecule has 1 aromatic carbocycles. The third kappa shape index (κ3) is 5.17. The Labute approximate surface area is 135 Å². The third-order valence-electron chi connectivity index (χ3n) is 4.42. The van der Waals surface area contributed by atoms with Crippen LogP contribution < -0.4 is 10.1 Å². The molecule has 2 rings (SSSR count). The summed E-state index contributed by atoms with van der Waals surface area (Å²) in [5, 5.41) is 3.51. The lowest BCUT2D eigenvalue weighted by atomic mass is 9.97. The molecule has 0 aromatic heterocycles. The van der Waals surface area contributed by atoms with Gasteiger partial charge in [-0.25, -0.2) is 0 Å². The van der Waals surface area contributed by atoms with E-state index in [4.69, 9.17) is 4.74 Å². The van der Waals surface area contributed by atoms with E-state index >= 15 is 0 Å². The molecule has 4 heteroatoms. The molecular weight excluding hydrogens is 284 g/mol. The molecule has 0 bridgehead atoms. The molecule has 3 nitrogen and oxygen atoms in total. The average Bonchev–Trinajstić information content (AvgIpc) is 2.53. The molecule has 1 N–H and O–H groups in total. The summed E-state index contributed by atoms with van der Waals surface area (Å²) >= 11 is 0. The van der Waals surface area contributed by atoms with Gasteiger partial charge < -0.3 is 10.1 Å². The number of hydrogen-bond acceptors (Lipinski definition) is 3. The van der Waals surface area contributed by atoms with Crippen LogP contribution in [0.5, 0.6) is 5.75 Å². The molecule has 21 heavy (non-hydrogen) atoms. The van der Waals surface area contributed by atoms with Crippen molar-refractivity contribution in [1.82, 2.24) is 10.2 Å². The Morgan fingerprint density at radius 1 is 1.43 bits per heavy atom. The van der Waals surface area contributed by atoms with Crippen LogP contribution in [0, 0.1) is 5.92 Å². The number of piperidine rings is 1. The van der Waals surface area contributed by atoms with Crippen molar-refractivity contribution >= 4 is 12.4 Å². The van der Waals surface area contributed by atoms with Crippen molar-refractivity contribution in [1.29, 1.82) is 0 Å². The van der Waals surface area contributed by atoms with Crippen LogP contribution in [-0.4, -0.2) is 38.2 Å². The molecule has 1 aromatic rings. The minimum atomic E-state index is 0. The van der Waals surface area contributed by atoms with Crippen LogP contribution in [0.1, 0.15) is 38.3 Å². The molecule has 0 amide bonds. The topological polar surface area (TPSA) is 24.5 Å². The zero-order valence-electron chi connectivity index (χ0n) is 13.5. The maximum Gasteiger partial charge on any atom is 0.119 e. The largest absolute Gasteiger partial charge is 0.497 e. The monoisotopic (exact) mass is 312 g/mol. The summed E-state index contributed by atoms with van der Waals surface area (Å²) in [7, 11) is 1.73. The highest BCUT2D eigenvalue weighted by Gasteiger charge is 2.20. The van der Waals surface area contributed by atoms with Gasteiger partial charge in [0, 0.05) is 12.6 Å². The fraction of sp³-hybridized carbons (Fsp3) is 0.647. The number of rotatable bonds is 6. The minimum Gasteiger partial charge on any atom is -0.497 e. The van der Waals surface area contributed by atoms with E-state index in [0.29, 0.717) is 6.04 Å². The Kier molecular flexibility index (Phi) is 8.09. The van der Waals surface area contributed by atoms with Crippen molar-refractivity contribution in [2.75, 3.05) is 33.3 Å². The summed E-state index contributed by atoms with van der Waals surface area (Å²) in [6.07, 6.45) is 2.67. The van der Waals surface area contributed by atoms with Crippen molar-refractivity contribution in [3.8, 4) is 5.75 Å². The maximum atomic E-state index is 5.34. The Morgan fingerprint density at radius 2 is 2.24 bits per heavy atom. The Balaban J connectivity index is 0.00000220. The van der Waals surface area contributed by atoms with Crippen LogP contribution in [0.15, 0.2) is 24.3 Å². The predicted octanol–water partition coefficient (Wildman–Crippen LogP) is 3.50. The van der Waals surface area contributed by atoms with E-state index in [1.807, 2.05) is 6.07 Å². The minimum absolute atomic E-state index is 0. The molecule has 0 spiro atoms. The van der Waals surface area contributed by atoms with Crippen molar-refractivity contribution in [3.63, 3.8) is 0 Å². The van der Waals surface area contributed by atoms with Gasteiger partial charge in [0.15, 0.2) is 0 Å². The lowest BCUT2D eigenvalue weighted by Gasteiger charge is -2.33. The summed E-state index contributed by atoms with van der Waals surface area (Å²) in [4.78, 5) is 2.58. The van der Waals surface area contributed by atoms with E-state index in [9.17, 15) is 0 Å². The van der Waals surface area contributed by atoms with Gasteiger partial charge in [0.1, 0.15) is 5.75 Å². The summed E-state index contributed by atoms with van der Waals surface area (Å²) in [5.41, 5.74) is 1.34. The summed E-state index contributed by atoms with van der Waals surface area (Å²) in [6.45, 7) is 9.19. The first-order valence-corrected chi connectivity index (χ1v) is 7.83. The van der Waals surface area contributed by atoms with Crippen molar-refractivity contribution in [2.45, 2.75) is 32.7 Å². The second kappa shape index (κ2) is 9.29. The van der Waals surface area contributed by atoms with Gasteiger partial charge in [-0.3, -0.25) is 4.90 Å². The zero-order chi connectivity index (χ0) is 14.4. The van der Waals surface area contributed by atoms with Gasteiger partial charge >= 0.3 is 0 Å². The molecule has 120 valence electrons. The molecular formula is C17H29ClN2O. The Hall–Kier alpha value is -0.770. The Bertz CT molecular complexity index is 408. The molecule has 1 heterocycles. The molecule has 1 saturated heterocycles. The molecule has 0 radical (unpaired) electrons. The van der Waals surface area contributed by atoms with Crippen LogP contribution in [0.25, 0.3) is 0 Å². The van der Waals surface area contributed by atoms with Gasteiger partial charge in [0.2, 0.25) is 0 Å². The van der Waals surface area contributed by atoms with Crippen molar-refractivity contribution in [3.05, 3.63) is 29.8 Å². The van der Waals surface area contributed by atoms with Gasteiger partial charge in [0.25, 0.3) is 0 Å². The van der Waals surface area contributed by atoms with Crippen molar-refractivity contribution in [2.24, 2.45) is 5.92 Å². The Morgan fingerprint density at radius 3 is 2.86 bits per heavy atom. The molecule has 1 fully saturated rings. The summed E-state index contributed by atoms with van der Waals surface area (Å²) in [5.74, 6) is 1.74. The first-order chi connectivity index (χ1) is 9.74. The number of halogens is 1. The summed E-state index contributed by atoms with van der Waals surface area (Å²) < 4.78 is 5.34. The standard InChI is InChI=1S/C17H28N2O.ClH/c1-4-19(13-15-7-6-10-18-12-15)14(2)16-8-5-9-17(11-16)20-3;/h5,8-9,11,14-15,18H,4,6-7,10,12-13H2,1-3H3;1H. The number of methoxy groups -OCH3 is 1. The fourth-order valence-corrected chi connectivity index (χ4v) is 3.08. The molecule has 1 aliphatic heterocycles. The smallest absolute Gasteiger partial charge is 0.119 e. The second-order valence-corrected chi connectivity index (χ2v) is 5.75. The molecule has 0 aliphatic carbocycles. The quantitative estimate of drug-likeness (QED) is 0.870. The van der Waals surface area contributed by atoms with Gasteiger partial charge in [-0.05, 0) is 63.0 Å². The van der Waals surface area contributed by atoms with E-state index in [-0.39, 0.29) is 12.4 Å². The zero-order valence-corrected chi connectivity index (χ0v) is 14.3. The fourth-order valence-electron chi connectivity index (χ4n) is 3.08. The maximum absolute atomic E-state index is 5.34. The first-order valence-electron chi connectivity index (χ1n) is 7.83. The highest BCUT2D eigenvalue weighted by Crippen LogP contribution is 2.25. The van der Waals surface area contributed by atoms with Gasteiger partial charge in [0.05, 0.1) is 7.11 Å². The van der Waals surface area contributed by atoms with Crippen LogP contribution in [0.4, 0.5) is 0 Å². The van der Waals surface area contributed by atoms with E-state index in [1.54, 1.807) is 7.11 Å². The third-order valence-corrected chi connectivity index (χ3v) is 4.42. The van der Waals surface area contributed by atoms with Crippen LogP contribution in [0.3, 0.4) is 0 Å². The van der Waals surface area contributed by atoms with Gasteiger partial charge in [-0.15, -0.1) is 12.4 Å². The highest BCUT2D eigenvalue weighted by molar-refractivity contribution is 5.85. The number of nitrogens with zero attached hydrogens (tertiary/aromatic N) is 1. The van der Waals surface area contributed by atoms with Crippen LogP contribution >= 0.6 is 12.4 Å². The molecule has 2 atom stereocenters. The molecule has 1 aliphatic rings. The molecule has 0 saturated carbocycles. The molecule has 2 unspecified atom stereocenters. The second-order valence-electron chi connectivity index (χ2n) is 5.75. The van der Waals surface area contributed by atoms with Crippen LogP contribution in [0.2, 0.25) is 0 Å². The SMILES string of the molecule is CCN(CC1CCCNC1)C(C)c1cccc(OC)c1.Cl. The van der Waals surface area contributed by atoms with E-state index in [0.717, 1.165) is 18.2 Å². The van der Waals surface area contributed by atoms with Gasteiger partial charge in [-0.1, -0.05) is 19.1 Å². The van der Waals surface area contributed by atoms with Crippen molar-refractivity contribution < 1.29 is 4.74 Å². The number of hydrogen-bond donors (Lipinski definition) is 1. The highest BCUT2D eigenvalue weighted by atomic mass is 35.5. The predicted molar refractivity (Wildman–Crippen MR) is 91.5 cm³/mol. The first kappa shape index (κ1) is 18.3. The number of nitrogens with one attached hydrogen (secondary N) is 1. The van der Waals surface area contributed by atoms with E-state index in [2.05, 4.69) is 42.3 Å². The van der Waals surface area contributed by atoms with Gasteiger partial charge in [-0.2, -0.15) is 0 Å². The number of ether oxygens (including phenoxy) is 1. The van der Waals surface area contributed by atoms with Crippen LogP contribution in [-0.2, 0) is 0 Å².